The lowest BCUT2D eigenvalue weighted by Gasteiger charge is -2.31. The molecule has 0 heterocycles. The Labute approximate surface area is 104 Å². The van der Waals surface area contributed by atoms with E-state index in [1.165, 1.54) is 0 Å². The maximum atomic E-state index is 10.9. The van der Waals surface area contributed by atoms with E-state index < -0.39 is 8.80 Å². The average molecular weight is 266 g/mol. The summed E-state index contributed by atoms with van der Waals surface area (Å²) < 4.78 is 16.9. The Morgan fingerprint density at radius 1 is 1.19 bits per heavy atom. The Morgan fingerprint density at radius 2 is 1.62 bits per heavy atom. The van der Waals surface area contributed by atoms with Gasteiger partial charge in [0.15, 0.2) is 5.12 Å². The SMILES string of the molecule is CO[Si](CCC(=O)S)(OC(C)C)OC(C)C. The van der Waals surface area contributed by atoms with Crippen molar-refractivity contribution in [3.05, 3.63) is 0 Å². The third-order valence-electron chi connectivity index (χ3n) is 1.79. The quantitative estimate of drug-likeness (QED) is 0.541. The first-order valence-corrected chi connectivity index (χ1v) is 7.82. The molecule has 0 radical (unpaired) electrons. The first-order chi connectivity index (χ1) is 7.31. The minimum atomic E-state index is -2.73. The molecule has 0 saturated heterocycles. The van der Waals surface area contributed by atoms with Crippen LogP contribution in [-0.2, 0) is 18.1 Å². The number of thiol groups is 1. The molecule has 0 saturated carbocycles. The fourth-order valence-electron chi connectivity index (χ4n) is 1.32. The van der Waals surface area contributed by atoms with Gasteiger partial charge in [-0.3, -0.25) is 4.79 Å². The number of carbonyl (C=O) groups is 1. The van der Waals surface area contributed by atoms with E-state index in [9.17, 15) is 4.79 Å². The zero-order valence-corrected chi connectivity index (χ0v) is 12.5. The van der Waals surface area contributed by atoms with Crippen molar-refractivity contribution in [3.8, 4) is 0 Å². The summed E-state index contributed by atoms with van der Waals surface area (Å²) in [6.07, 6.45) is 0.337. The molecule has 0 aliphatic rings. The summed E-state index contributed by atoms with van der Waals surface area (Å²) in [4.78, 5) is 10.9. The van der Waals surface area contributed by atoms with Crippen LogP contribution in [0.1, 0.15) is 34.1 Å². The van der Waals surface area contributed by atoms with Gasteiger partial charge in [0.2, 0.25) is 0 Å². The molecule has 0 atom stereocenters. The molecular formula is C10H22O4SSi. The molecule has 6 heteroatoms. The Hall–Kier alpha value is 0.117. The van der Waals surface area contributed by atoms with Crippen LogP contribution in [0.4, 0.5) is 0 Å². The molecule has 0 aromatic rings. The molecule has 4 nitrogen and oxygen atoms in total. The second-order valence-electron chi connectivity index (χ2n) is 4.11. The molecule has 0 aliphatic heterocycles. The first-order valence-electron chi connectivity index (χ1n) is 5.44. The molecule has 0 fully saturated rings. The second-order valence-corrected chi connectivity index (χ2v) is 7.36. The third-order valence-corrected chi connectivity index (χ3v) is 5.16. The molecule has 0 aromatic heterocycles. The highest BCUT2D eigenvalue weighted by Crippen LogP contribution is 2.21. The lowest BCUT2D eigenvalue weighted by Crippen LogP contribution is -2.48. The Kier molecular flexibility index (Phi) is 7.50. The minimum absolute atomic E-state index is 0.0142. The van der Waals surface area contributed by atoms with Gasteiger partial charge in [0.25, 0.3) is 0 Å². The van der Waals surface area contributed by atoms with Crippen LogP contribution >= 0.6 is 12.6 Å². The molecule has 0 amide bonds. The molecule has 16 heavy (non-hydrogen) atoms. The van der Waals surface area contributed by atoms with Gasteiger partial charge in [-0.15, -0.1) is 12.6 Å². The van der Waals surface area contributed by atoms with Crippen molar-refractivity contribution in [2.75, 3.05) is 7.11 Å². The van der Waals surface area contributed by atoms with E-state index in [0.29, 0.717) is 12.5 Å². The van der Waals surface area contributed by atoms with Crippen LogP contribution in [0.3, 0.4) is 0 Å². The molecule has 0 aromatic carbocycles. The molecule has 0 rings (SSSR count). The summed E-state index contributed by atoms with van der Waals surface area (Å²) in [6, 6.07) is 0.474. The van der Waals surface area contributed by atoms with E-state index >= 15 is 0 Å². The molecule has 96 valence electrons. The van der Waals surface area contributed by atoms with Crippen LogP contribution in [-0.4, -0.2) is 33.2 Å². The highest BCUT2D eigenvalue weighted by Gasteiger charge is 2.42. The lowest BCUT2D eigenvalue weighted by molar-refractivity contribution is -0.110. The fourth-order valence-corrected chi connectivity index (χ4v) is 4.30. The van der Waals surface area contributed by atoms with Gasteiger partial charge in [0.05, 0.1) is 0 Å². The summed E-state index contributed by atoms with van der Waals surface area (Å²) in [6.45, 7) is 7.69. The third kappa shape index (κ3) is 6.65. The normalized spacial score (nSPS) is 12.5. The van der Waals surface area contributed by atoms with E-state index in [1.807, 2.05) is 27.7 Å². The monoisotopic (exact) mass is 266 g/mol. The Bertz CT molecular complexity index is 211. The van der Waals surface area contributed by atoms with Gasteiger partial charge in [-0.05, 0) is 27.7 Å². The Morgan fingerprint density at radius 3 is 1.88 bits per heavy atom. The van der Waals surface area contributed by atoms with Gasteiger partial charge in [-0.2, -0.15) is 0 Å². The topological polar surface area (TPSA) is 44.8 Å². The fraction of sp³-hybridized carbons (Fsp3) is 0.900. The molecule has 0 bridgehead atoms. The zero-order chi connectivity index (χ0) is 12.8. The van der Waals surface area contributed by atoms with Gasteiger partial charge in [0.1, 0.15) is 0 Å². The predicted octanol–water partition coefficient (Wildman–Crippen LogP) is 2.27. The standard InChI is InChI=1S/C10H22O4SSi/c1-8(2)13-16(12-5,14-9(3)4)7-6-10(11)15/h8-9H,6-7H2,1-5H3,(H,11,15). The Balaban J connectivity index is 4.59. The summed E-state index contributed by atoms with van der Waals surface area (Å²) in [5.74, 6) is 0. The second kappa shape index (κ2) is 7.44. The van der Waals surface area contributed by atoms with Crippen molar-refractivity contribution in [3.63, 3.8) is 0 Å². The molecule has 0 spiro atoms. The largest absolute Gasteiger partial charge is 0.501 e. The zero-order valence-electron chi connectivity index (χ0n) is 10.6. The predicted molar refractivity (Wildman–Crippen MR) is 68.6 cm³/mol. The maximum absolute atomic E-state index is 10.9. The van der Waals surface area contributed by atoms with Gasteiger partial charge < -0.3 is 13.3 Å². The first kappa shape index (κ1) is 16.1. The minimum Gasteiger partial charge on any atom is -0.377 e. The summed E-state index contributed by atoms with van der Waals surface area (Å²) in [5.41, 5.74) is 0. The molecule has 0 unspecified atom stereocenters. The van der Waals surface area contributed by atoms with E-state index in [4.69, 9.17) is 13.3 Å². The highest BCUT2D eigenvalue weighted by atomic mass is 32.1. The van der Waals surface area contributed by atoms with Gasteiger partial charge in [-0.1, -0.05) is 0 Å². The number of hydrogen-bond donors (Lipinski definition) is 1. The van der Waals surface area contributed by atoms with Crippen LogP contribution < -0.4 is 0 Å². The number of rotatable bonds is 8. The van der Waals surface area contributed by atoms with Crippen molar-refractivity contribution in [2.45, 2.75) is 52.4 Å². The van der Waals surface area contributed by atoms with Crippen LogP contribution in [0, 0.1) is 0 Å². The van der Waals surface area contributed by atoms with Crippen molar-refractivity contribution in [1.29, 1.82) is 0 Å². The van der Waals surface area contributed by atoms with E-state index in [-0.39, 0.29) is 17.3 Å². The number of hydrogen-bond acceptors (Lipinski definition) is 4. The van der Waals surface area contributed by atoms with Crippen molar-refractivity contribution in [1.82, 2.24) is 0 Å². The van der Waals surface area contributed by atoms with Gasteiger partial charge in [0, 0.05) is 31.8 Å². The van der Waals surface area contributed by atoms with Crippen LogP contribution in [0.2, 0.25) is 6.04 Å². The molecule has 0 aliphatic carbocycles. The van der Waals surface area contributed by atoms with E-state index in [1.54, 1.807) is 7.11 Å². The average Bonchev–Trinajstić information content (AvgIpc) is 2.12. The van der Waals surface area contributed by atoms with Crippen LogP contribution in [0.25, 0.3) is 0 Å². The number of carbonyl (C=O) groups excluding carboxylic acids is 1. The van der Waals surface area contributed by atoms with Crippen molar-refractivity contribution >= 4 is 26.5 Å². The van der Waals surface area contributed by atoms with Crippen LogP contribution in [0.15, 0.2) is 0 Å². The summed E-state index contributed by atoms with van der Waals surface area (Å²) in [5, 5.41) is -0.173. The van der Waals surface area contributed by atoms with Crippen LogP contribution in [0.5, 0.6) is 0 Å². The molecular weight excluding hydrogens is 244 g/mol. The van der Waals surface area contributed by atoms with E-state index in [0.717, 1.165) is 0 Å². The summed E-state index contributed by atoms with van der Waals surface area (Å²) in [7, 11) is -1.16. The smallest absolute Gasteiger partial charge is 0.377 e. The summed E-state index contributed by atoms with van der Waals surface area (Å²) >= 11 is 3.75. The van der Waals surface area contributed by atoms with Crippen molar-refractivity contribution in [2.24, 2.45) is 0 Å². The van der Waals surface area contributed by atoms with E-state index in [2.05, 4.69) is 12.6 Å². The van der Waals surface area contributed by atoms with Gasteiger partial charge >= 0.3 is 8.80 Å². The van der Waals surface area contributed by atoms with Gasteiger partial charge in [-0.25, -0.2) is 0 Å². The van der Waals surface area contributed by atoms with Crippen molar-refractivity contribution < 1.29 is 18.1 Å². The molecule has 0 N–H and O–H groups in total. The highest BCUT2D eigenvalue weighted by molar-refractivity contribution is 7.96. The lowest BCUT2D eigenvalue weighted by atomic mass is 10.5. The maximum Gasteiger partial charge on any atom is 0.501 e.